The number of benzene rings is 1. The quantitative estimate of drug-likeness (QED) is 0.906. The Labute approximate surface area is 127 Å². The fourth-order valence-electron chi connectivity index (χ4n) is 2.84. The number of nitrogens with one attached hydrogen (secondary N) is 1. The lowest BCUT2D eigenvalue weighted by molar-refractivity contribution is -0.134. The van der Waals surface area contributed by atoms with Crippen molar-refractivity contribution in [3.8, 4) is 5.75 Å². The van der Waals surface area contributed by atoms with Crippen molar-refractivity contribution < 1.29 is 9.53 Å². The highest BCUT2D eigenvalue weighted by molar-refractivity contribution is 5.81. The summed E-state index contributed by atoms with van der Waals surface area (Å²) in [5, 5.41) is 3.40. The van der Waals surface area contributed by atoms with Crippen LogP contribution in [-0.2, 0) is 4.79 Å². The Balaban J connectivity index is 1.94. The summed E-state index contributed by atoms with van der Waals surface area (Å²) in [7, 11) is 1.67. The third kappa shape index (κ3) is 4.21. The molecule has 1 aromatic carbocycles. The molecule has 1 heterocycles. The lowest BCUT2D eigenvalue weighted by Gasteiger charge is -2.30. The number of hydrogen-bond donors (Lipinski definition) is 1. The summed E-state index contributed by atoms with van der Waals surface area (Å²) < 4.78 is 5.25. The smallest absolute Gasteiger partial charge is 0.239 e. The number of likely N-dealkylation sites (tertiary alicyclic amines) is 1. The maximum atomic E-state index is 12.4. The normalized spacial score (nSPS) is 18.1. The topological polar surface area (TPSA) is 41.6 Å². The van der Waals surface area contributed by atoms with Crippen LogP contribution in [0.25, 0.3) is 0 Å². The van der Waals surface area contributed by atoms with Gasteiger partial charge in [0.1, 0.15) is 5.75 Å². The highest BCUT2D eigenvalue weighted by Crippen LogP contribution is 2.19. The van der Waals surface area contributed by atoms with Gasteiger partial charge in [-0.25, -0.2) is 0 Å². The van der Waals surface area contributed by atoms with Crippen molar-refractivity contribution >= 4 is 5.91 Å². The molecule has 1 aliphatic heterocycles. The van der Waals surface area contributed by atoms with Crippen LogP contribution >= 0.6 is 0 Å². The van der Waals surface area contributed by atoms with Gasteiger partial charge in [-0.05, 0) is 50.8 Å². The number of piperidine rings is 1. The summed E-state index contributed by atoms with van der Waals surface area (Å²) in [6.07, 6.45) is 3.50. The van der Waals surface area contributed by atoms with Crippen molar-refractivity contribution in [2.24, 2.45) is 0 Å². The van der Waals surface area contributed by atoms with Gasteiger partial charge in [0.05, 0.1) is 13.2 Å². The first kappa shape index (κ1) is 15.8. The molecule has 0 radical (unpaired) electrons. The maximum absolute atomic E-state index is 12.4. The lowest BCUT2D eigenvalue weighted by Crippen LogP contribution is -2.47. The molecule has 1 fully saturated rings. The van der Waals surface area contributed by atoms with Gasteiger partial charge in [-0.1, -0.05) is 12.1 Å². The van der Waals surface area contributed by atoms with Crippen LogP contribution in [0.2, 0.25) is 0 Å². The SMILES string of the molecule is COc1cccc([C@@H](C)NC(C)C(=O)N2CCCCC2)c1. The van der Waals surface area contributed by atoms with E-state index in [2.05, 4.69) is 18.3 Å². The molecule has 21 heavy (non-hydrogen) atoms. The van der Waals surface area contributed by atoms with E-state index >= 15 is 0 Å². The van der Waals surface area contributed by atoms with Gasteiger partial charge >= 0.3 is 0 Å². The van der Waals surface area contributed by atoms with Gasteiger partial charge in [0.25, 0.3) is 0 Å². The summed E-state index contributed by atoms with van der Waals surface area (Å²) in [5.41, 5.74) is 1.13. The summed E-state index contributed by atoms with van der Waals surface area (Å²) >= 11 is 0. The third-order valence-electron chi connectivity index (χ3n) is 4.13. The highest BCUT2D eigenvalue weighted by Gasteiger charge is 2.23. The molecular weight excluding hydrogens is 264 g/mol. The second-order valence-electron chi connectivity index (χ2n) is 5.77. The van der Waals surface area contributed by atoms with Crippen LogP contribution in [0.3, 0.4) is 0 Å². The molecule has 1 saturated heterocycles. The zero-order valence-electron chi connectivity index (χ0n) is 13.3. The van der Waals surface area contributed by atoms with E-state index in [4.69, 9.17) is 4.74 Å². The fourth-order valence-corrected chi connectivity index (χ4v) is 2.84. The number of nitrogens with zero attached hydrogens (tertiary/aromatic N) is 1. The maximum Gasteiger partial charge on any atom is 0.239 e. The minimum absolute atomic E-state index is 0.115. The van der Waals surface area contributed by atoms with Crippen molar-refractivity contribution in [3.05, 3.63) is 29.8 Å². The van der Waals surface area contributed by atoms with Crippen molar-refractivity contribution in [3.63, 3.8) is 0 Å². The standard InChI is InChI=1S/C17H26N2O2/c1-13(15-8-7-9-16(12-15)21-3)18-14(2)17(20)19-10-5-4-6-11-19/h7-9,12-14,18H,4-6,10-11H2,1-3H3/t13-,14?/m1/s1. The van der Waals surface area contributed by atoms with E-state index in [1.807, 2.05) is 30.0 Å². The fraction of sp³-hybridized carbons (Fsp3) is 0.588. The monoisotopic (exact) mass is 290 g/mol. The van der Waals surface area contributed by atoms with Crippen LogP contribution in [0.15, 0.2) is 24.3 Å². The molecule has 1 amide bonds. The molecule has 0 spiro atoms. The molecule has 0 aliphatic carbocycles. The first-order chi connectivity index (χ1) is 10.1. The first-order valence-corrected chi connectivity index (χ1v) is 7.80. The molecule has 0 bridgehead atoms. The minimum atomic E-state index is -0.163. The van der Waals surface area contributed by atoms with Crippen molar-refractivity contribution in [2.75, 3.05) is 20.2 Å². The molecular formula is C17H26N2O2. The second kappa shape index (κ2) is 7.46. The first-order valence-electron chi connectivity index (χ1n) is 7.80. The Kier molecular flexibility index (Phi) is 5.62. The van der Waals surface area contributed by atoms with Gasteiger partial charge in [-0.15, -0.1) is 0 Å². The van der Waals surface area contributed by atoms with Gasteiger partial charge in [-0.2, -0.15) is 0 Å². The Morgan fingerprint density at radius 3 is 2.62 bits per heavy atom. The van der Waals surface area contributed by atoms with Crippen LogP contribution in [0.5, 0.6) is 5.75 Å². The number of carbonyl (C=O) groups is 1. The van der Waals surface area contributed by atoms with Crippen LogP contribution < -0.4 is 10.1 Å². The number of methoxy groups -OCH3 is 1. The molecule has 1 unspecified atom stereocenters. The van der Waals surface area contributed by atoms with Crippen LogP contribution in [-0.4, -0.2) is 37.0 Å². The van der Waals surface area contributed by atoms with E-state index < -0.39 is 0 Å². The molecule has 1 aromatic rings. The largest absolute Gasteiger partial charge is 0.497 e. The average molecular weight is 290 g/mol. The van der Waals surface area contributed by atoms with E-state index in [1.165, 1.54) is 6.42 Å². The summed E-state index contributed by atoms with van der Waals surface area (Å²) in [4.78, 5) is 14.4. The Morgan fingerprint density at radius 1 is 1.24 bits per heavy atom. The lowest BCUT2D eigenvalue weighted by atomic mass is 10.1. The van der Waals surface area contributed by atoms with Crippen molar-refractivity contribution in [1.29, 1.82) is 0 Å². The van der Waals surface area contributed by atoms with E-state index in [0.29, 0.717) is 0 Å². The van der Waals surface area contributed by atoms with E-state index in [-0.39, 0.29) is 18.0 Å². The number of rotatable bonds is 5. The molecule has 0 aromatic heterocycles. The van der Waals surface area contributed by atoms with Gasteiger partial charge in [0.2, 0.25) is 5.91 Å². The number of carbonyl (C=O) groups excluding carboxylic acids is 1. The number of hydrogen-bond acceptors (Lipinski definition) is 3. The van der Waals surface area contributed by atoms with Gasteiger partial charge < -0.3 is 9.64 Å². The van der Waals surface area contributed by atoms with E-state index in [9.17, 15) is 4.79 Å². The Morgan fingerprint density at radius 2 is 1.95 bits per heavy atom. The molecule has 2 rings (SSSR count). The molecule has 4 nitrogen and oxygen atoms in total. The predicted octanol–water partition coefficient (Wildman–Crippen LogP) is 2.75. The Hall–Kier alpha value is -1.55. The van der Waals surface area contributed by atoms with E-state index in [0.717, 1.165) is 37.2 Å². The molecule has 1 aliphatic rings. The molecule has 2 atom stereocenters. The van der Waals surface area contributed by atoms with Gasteiger partial charge in [0.15, 0.2) is 0 Å². The van der Waals surface area contributed by atoms with Crippen LogP contribution in [0.1, 0.15) is 44.7 Å². The molecule has 116 valence electrons. The minimum Gasteiger partial charge on any atom is -0.497 e. The number of ether oxygens (including phenoxy) is 1. The van der Waals surface area contributed by atoms with Gasteiger partial charge in [0, 0.05) is 19.1 Å². The van der Waals surface area contributed by atoms with Crippen LogP contribution in [0.4, 0.5) is 0 Å². The summed E-state index contributed by atoms with van der Waals surface area (Å²) in [5.74, 6) is 1.06. The molecule has 1 N–H and O–H groups in total. The molecule has 4 heteroatoms. The summed E-state index contributed by atoms with van der Waals surface area (Å²) in [6, 6.07) is 7.92. The zero-order valence-corrected chi connectivity index (χ0v) is 13.3. The van der Waals surface area contributed by atoms with Crippen LogP contribution in [0, 0.1) is 0 Å². The third-order valence-corrected chi connectivity index (χ3v) is 4.13. The number of amides is 1. The zero-order chi connectivity index (χ0) is 15.2. The second-order valence-corrected chi connectivity index (χ2v) is 5.77. The van der Waals surface area contributed by atoms with Gasteiger partial charge in [-0.3, -0.25) is 10.1 Å². The highest BCUT2D eigenvalue weighted by atomic mass is 16.5. The van der Waals surface area contributed by atoms with E-state index in [1.54, 1.807) is 7.11 Å². The summed E-state index contributed by atoms with van der Waals surface area (Å²) in [6.45, 7) is 5.83. The van der Waals surface area contributed by atoms with Crippen molar-refractivity contribution in [1.82, 2.24) is 10.2 Å². The molecule has 0 saturated carbocycles. The Bertz CT molecular complexity index is 470. The average Bonchev–Trinajstić information content (AvgIpc) is 2.54. The predicted molar refractivity (Wildman–Crippen MR) is 84.4 cm³/mol. The van der Waals surface area contributed by atoms with Crippen molar-refractivity contribution in [2.45, 2.75) is 45.2 Å².